The van der Waals surface area contributed by atoms with Crippen LogP contribution in [-0.2, 0) is 19.1 Å². The van der Waals surface area contributed by atoms with Gasteiger partial charge in [-0.15, -0.1) is 0 Å². The number of carbonyl (C=O) groups excluding carboxylic acids is 3. The number of methoxy groups -OCH3 is 1. The van der Waals surface area contributed by atoms with Crippen molar-refractivity contribution in [1.82, 2.24) is 0 Å². The predicted molar refractivity (Wildman–Crippen MR) is 152 cm³/mol. The van der Waals surface area contributed by atoms with Gasteiger partial charge in [-0.1, -0.05) is 53.2 Å². The number of ether oxygens (including phenoxy) is 1. The number of aliphatic hydroxyl groups is 1. The first-order valence-corrected chi connectivity index (χ1v) is 15.2. The van der Waals surface area contributed by atoms with E-state index in [1.807, 2.05) is 19.1 Å². The monoisotopic (exact) mass is 549 g/mol. The van der Waals surface area contributed by atoms with Gasteiger partial charge in [-0.05, 0) is 91.9 Å². The van der Waals surface area contributed by atoms with Crippen molar-refractivity contribution in [2.24, 2.45) is 50.2 Å². The molecular weight excluding hydrogens is 502 g/mol. The van der Waals surface area contributed by atoms with Crippen molar-refractivity contribution in [2.45, 2.75) is 99.3 Å². The molecular formula is C34H47NO5. The number of nitriles is 1. The molecule has 0 saturated heterocycles. The summed E-state index contributed by atoms with van der Waals surface area (Å²) in [5, 5.41) is 19.9. The van der Waals surface area contributed by atoms with Gasteiger partial charge in [0.15, 0.2) is 11.6 Å². The van der Waals surface area contributed by atoms with E-state index in [1.165, 1.54) is 7.11 Å². The summed E-state index contributed by atoms with van der Waals surface area (Å²) in [5.41, 5.74) is -1.52. The van der Waals surface area contributed by atoms with E-state index >= 15 is 0 Å². The van der Waals surface area contributed by atoms with Crippen molar-refractivity contribution in [3.8, 4) is 6.07 Å². The summed E-state index contributed by atoms with van der Waals surface area (Å²) in [6.45, 7) is 13.0. The highest BCUT2D eigenvalue weighted by Crippen LogP contribution is 2.72. The van der Waals surface area contributed by atoms with Gasteiger partial charge >= 0.3 is 5.97 Å². The number of nitrogens with zero attached hydrogens (tertiary/aromatic N) is 1. The first kappa shape index (κ1) is 29.2. The number of rotatable bonds is 3. The van der Waals surface area contributed by atoms with Gasteiger partial charge in [-0.2, -0.15) is 5.26 Å². The molecule has 5 aliphatic rings. The Hall–Kier alpha value is -2.26. The second-order valence-corrected chi connectivity index (χ2v) is 15.5. The Balaban J connectivity index is 1.66. The lowest BCUT2D eigenvalue weighted by Crippen LogP contribution is -2.60. The summed E-state index contributed by atoms with van der Waals surface area (Å²) in [6, 6.07) is 2.15. The van der Waals surface area contributed by atoms with Gasteiger partial charge in [0.05, 0.1) is 18.1 Å². The van der Waals surface area contributed by atoms with Gasteiger partial charge in [0.1, 0.15) is 6.07 Å². The molecule has 1 N–H and O–H groups in total. The van der Waals surface area contributed by atoms with Gasteiger partial charge in [0.2, 0.25) is 0 Å². The van der Waals surface area contributed by atoms with Crippen molar-refractivity contribution < 1.29 is 24.2 Å². The van der Waals surface area contributed by atoms with Crippen LogP contribution in [-0.4, -0.2) is 36.4 Å². The fourth-order valence-electron chi connectivity index (χ4n) is 10.6. The largest absolute Gasteiger partial charge is 0.469 e. The average molecular weight is 550 g/mol. The SMILES string of the molecule is COC(=O)[C@]12CCC(C)(C)CC1CC1C(=O)C=C3[C@@]4(C)C=C(C#N)C(=O)[C@@](C)(CCO)C4CC[C@@]3(C)[C@]1(C)CC2. The van der Waals surface area contributed by atoms with Gasteiger partial charge in [0, 0.05) is 23.4 Å². The van der Waals surface area contributed by atoms with Crippen molar-refractivity contribution in [2.75, 3.05) is 13.7 Å². The molecule has 0 aromatic heterocycles. The lowest BCUT2D eigenvalue weighted by molar-refractivity contribution is -0.162. The molecule has 6 heteroatoms. The summed E-state index contributed by atoms with van der Waals surface area (Å²) < 4.78 is 5.46. The van der Waals surface area contributed by atoms with Crippen molar-refractivity contribution in [3.63, 3.8) is 0 Å². The third kappa shape index (κ3) is 3.65. The lowest BCUT2D eigenvalue weighted by Gasteiger charge is -2.64. The minimum Gasteiger partial charge on any atom is -0.469 e. The van der Waals surface area contributed by atoms with E-state index in [4.69, 9.17) is 4.74 Å². The van der Waals surface area contributed by atoms with Gasteiger partial charge < -0.3 is 9.84 Å². The fourth-order valence-corrected chi connectivity index (χ4v) is 10.6. The number of Topliss-reactive ketones (excluding diaryl/α,β-unsaturated/α-hetero) is 1. The van der Waals surface area contributed by atoms with E-state index in [-0.39, 0.29) is 63.7 Å². The van der Waals surface area contributed by atoms with E-state index in [1.54, 1.807) is 0 Å². The number of aliphatic hydroxyl groups excluding tert-OH is 1. The summed E-state index contributed by atoms with van der Waals surface area (Å²) in [4.78, 5) is 41.3. The maximum atomic E-state index is 14.3. The van der Waals surface area contributed by atoms with Crippen LogP contribution in [0.1, 0.15) is 99.3 Å². The number of ketones is 2. The zero-order chi connectivity index (χ0) is 29.5. The summed E-state index contributed by atoms with van der Waals surface area (Å²) in [6.07, 6.45) is 10.4. The Morgan fingerprint density at radius 1 is 1.07 bits per heavy atom. The number of esters is 1. The van der Waals surface area contributed by atoms with Crippen LogP contribution >= 0.6 is 0 Å². The van der Waals surface area contributed by atoms with Crippen LogP contribution in [0.15, 0.2) is 23.3 Å². The molecule has 3 unspecified atom stereocenters. The Labute approximate surface area is 239 Å². The maximum absolute atomic E-state index is 14.3. The number of allylic oxidation sites excluding steroid dienone is 4. The van der Waals surface area contributed by atoms with E-state index in [2.05, 4.69) is 40.7 Å². The molecule has 0 bridgehead atoms. The zero-order valence-corrected chi connectivity index (χ0v) is 25.5. The Morgan fingerprint density at radius 2 is 1.75 bits per heavy atom. The minimum atomic E-state index is -0.870. The number of fused-ring (bicyclic) bond motifs is 6. The van der Waals surface area contributed by atoms with Crippen molar-refractivity contribution in [3.05, 3.63) is 23.3 Å². The molecule has 3 saturated carbocycles. The van der Waals surface area contributed by atoms with Crippen LogP contribution in [0.25, 0.3) is 0 Å². The normalized spacial score (nSPS) is 45.8. The molecule has 0 aliphatic heterocycles. The summed E-state index contributed by atoms with van der Waals surface area (Å²) in [7, 11) is 1.49. The van der Waals surface area contributed by atoms with Crippen LogP contribution in [0.3, 0.4) is 0 Å². The van der Waals surface area contributed by atoms with E-state index < -0.39 is 16.2 Å². The first-order chi connectivity index (χ1) is 18.6. The highest BCUT2D eigenvalue weighted by atomic mass is 16.5. The predicted octanol–water partition coefficient (Wildman–Crippen LogP) is 6.13. The molecule has 5 aliphatic carbocycles. The Morgan fingerprint density at radius 3 is 2.38 bits per heavy atom. The van der Waals surface area contributed by atoms with E-state index in [0.717, 1.165) is 44.1 Å². The second kappa shape index (κ2) is 9.12. The van der Waals surface area contributed by atoms with Crippen molar-refractivity contribution >= 4 is 17.5 Å². The molecule has 0 heterocycles. The van der Waals surface area contributed by atoms with Crippen LogP contribution in [0.2, 0.25) is 0 Å². The molecule has 218 valence electrons. The molecule has 0 aromatic carbocycles. The quantitative estimate of drug-likeness (QED) is 0.425. The molecule has 40 heavy (non-hydrogen) atoms. The Bertz CT molecular complexity index is 1260. The molecule has 0 amide bonds. The zero-order valence-electron chi connectivity index (χ0n) is 25.5. The topological polar surface area (TPSA) is 104 Å². The lowest BCUT2D eigenvalue weighted by atomic mass is 9.38. The number of hydrogen-bond donors (Lipinski definition) is 1. The third-order valence-electron chi connectivity index (χ3n) is 13.3. The molecule has 6 nitrogen and oxygen atoms in total. The summed E-state index contributed by atoms with van der Waals surface area (Å²) >= 11 is 0. The van der Waals surface area contributed by atoms with Crippen LogP contribution < -0.4 is 0 Å². The number of hydrogen-bond acceptors (Lipinski definition) is 6. The molecule has 5 rings (SSSR count). The fraction of sp³-hybridized carbons (Fsp3) is 0.765. The van der Waals surface area contributed by atoms with E-state index in [0.29, 0.717) is 19.3 Å². The molecule has 8 atom stereocenters. The molecule has 0 spiro atoms. The highest BCUT2D eigenvalue weighted by Gasteiger charge is 2.68. The van der Waals surface area contributed by atoms with Crippen molar-refractivity contribution in [1.29, 1.82) is 5.26 Å². The average Bonchev–Trinajstić information content (AvgIpc) is 3.03. The van der Waals surface area contributed by atoms with Crippen LogP contribution in [0, 0.1) is 61.6 Å². The number of carbonyl (C=O) groups is 3. The van der Waals surface area contributed by atoms with Crippen LogP contribution in [0.4, 0.5) is 0 Å². The van der Waals surface area contributed by atoms with Gasteiger partial charge in [-0.3, -0.25) is 14.4 Å². The smallest absolute Gasteiger partial charge is 0.312 e. The first-order valence-electron chi connectivity index (χ1n) is 15.2. The third-order valence-corrected chi connectivity index (χ3v) is 13.3. The maximum Gasteiger partial charge on any atom is 0.312 e. The van der Waals surface area contributed by atoms with Gasteiger partial charge in [-0.25, -0.2) is 0 Å². The standard InChI is InChI=1S/C34H47NO5/c1-29(2)10-12-34(28(39)40-7)13-11-32(5)23(16-22(34)19-29)24(37)17-26-31(4)18-21(20-35)27(38)30(3,14-15-36)25(31)8-9-33(26,32)6/h17-18,22-23,25,36H,8-16,19H2,1-7H3/t22?,23?,25?,30-,31-,32+,33+,34-/m0/s1. The van der Waals surface area contributed by atoms with Crippen LogP contribution in [0.5, 0.6) is 0 Å². The highest BCUT2D eigenvalue weighted by molar-refractivity contribution is 6.05. The van der Waals surface area contributed by atoms with Gasteiger partial charge in [0.25, 0.3) is 0 Å². The second-order valence-electron chi connectivity index (χ2n) is 15.5. The molecule has 3 fully saturated rings. The molecule has 0 aromatic rings. The Kier molecular flexibility index (Phi) is 6.67. The minimum absolute atomic E-state index is 0.0928. The molecule has 0 radical (unpaired) electrons. The summed E-state index contributed by atoms with van der Waals surface area (Å²) in [5.74, 6) is -0.407. The van der Waals surface area contributed by atoms with E-state index in [9.17, 15) is 24.8 Å².